The predicted octanol–water partition coefficient (Wildman–Crippen LogP) is 0.979. The second-order valence-electron chi connectivity index (χ2n) is 6.94. The van der Waals surface area contributed by atoms with Gasteiger partial charge in [-0.15, -0.1) is 0 Å². The van der Waals surface area contributed by atoms with Gasteiger partial charge in [-0.05, 0) is 24.6 Å². The maximum absolute atomic E-state index is 12.8. The SMILES string of the molecule is COc1ccc(C)cc1NC(=O)Cn1cnc2nc(N3CCOCC3)ncc2c1=O. The molecule has 4 rings (SSSR count). The molecular weight excluding hydrogens is 388 g/mol. The van der Waals surface area contributed by atoms with Crippen molar-refractivity contribution in [2.24, 2.45) is 0 Å². The summed E-state index contributed by atoms with van der Waals surface area (Å²) >= 11 is 0. The number of aryl methyl sites for hydroxylation is 1. The minimum absolute atomic E-state index is 0.190. The van der Waals surface area contributed by atoms with Gasteiger partial charge in [-0.3, -0.25) is 14.2 Å². The van der Waals surface area contributed by atoms with E-state index in [9.17, 15) is 9.59 Å². The van der Waals surface area contributed by atoms with E-state index < -0.39 is 0 Å². The molecular formula is C20H22N6O4. The number of nitrogens with zero attached hydrogens (tertiary/aromatic N) is 5. The van der Waals surface area contributed by atoms with Crippen LogP contribution in [0.1, 0.15) is 5.56 Å². The lowest BCUT2D eigenvalue weighted by atomic mass is 10.2. The Labute approximate surface area is 172 Å². The summed E-state index contributed by atoms with van der Waals surface area (Å²) in [5.74, 6) is 0.690. The Morgan fingerprint density at radius 3 is 2.83 bits per heavy atom. The summed E-state index contributed by atoms with van der Waals surface area (Å²) in [6.07, 6.45) is 2.79. The number of aromatic nitrogens is 4. The second-order valence-corrected chi connectivity index (χ2v) is 6.94. The number of hydrogen-bond acceptors (Lipinski definition) is 8. The van der Waals surface area contributed by atoms with E-state index in [0.717, 1.165) is 5.56 Å². The molecule has 0 unspecified atom stereocenters. The van der Waals surface area contributed by atoms with Gasteiger partial charge in [0.1, 0.15) is 24.0 Å². The van der Waals surface area contributed by atoms with Gasteiger partial charge < -0.3 is 19.7 Å². The van der Waals surface area contributed by atoms with Gasteiger partial charge in [0.25, 0.3) is 5.56 Å². The topological polar surface area (TPSA) is 111 Å². The molecule has 1 aliphatic heterocycles. The van der Waals surface area contributed by atoms with Crippen molar-refractivity contribution in [2.45, 2.75) is 13.5 Å². The van der Waals surface area contributed by atoms with Gasteiger partial charge in [-0.2, -0.15) is 4.98 Å². The Bertz CT molecular complexity index is 1140. The van der Waals surface area contributed by atoms with Gasteiger partial charge in [-0.1, -0.05) is 6.07 Å². The van der Waals surface area contributed by atoms with Crippen LogP contribution in [-0.4, -0.2) is 58.8 Å². The zero-order valence-corrected chi connectivity index (χ0v) is 16.8. The Kier molecular flexibility index (Phi) is 5.57. The summed E-state index contributed by atoms with van der Waals surface area (Å²) < 4.78 is 11.8. The van der Waals surface area contributed by atoms with Crippen molar-refractivity contribution >= 4 is 28.6 Å². The van der Waals surface area contributed by atoms with E-state index >= 15 is 0 Å². The fourth-order valence-electron chi connectivity index (χ4n) is 3.24. The molecule has 1 fully saturated rings. The van der Waals surface area contributed by atoms with Crippen LogP contribution in [0, 0.1) is 6.92 Å². The zero-order chi connectivity index (χ0) is 21.1. The number of hydrogen-bond donors (Lipinski definition) is 1. The zero-order valence-electron chi connectivity index (χ0n) is 16.8. The van der Waals surface area contributed by atoms with E-state index in [4.69, 9.17) is 9.47 Å². The first-order valence-electron chi connectivity index (χ1n) is 9.54. The summed E-state index contributed by atoms with van der Waals surface area (Å²) in [6.45, 7) is 4.31. The van der Waals surface area contributed by atoms with Crippen LogP contribution in [0.15, 0.2) is 35.5 Å². The highest BCUT2D eigenvalue weighted by Crippen LogP contribution is 2.25. The van der Waals surface area contributed by atoms with Crippen molar-refractivity contribution in [3.8, 4) is 5.75 Å². The van der Waals surface area contributed by atoms with Crippen LogP contribution in [0.3, 0.4) is 0 Å². The van der Waals surface area contributed by atoms with Crippen LogP contribution in [0.2, 0.25) is 0 Å². The highest BCUT2D eigenvalue weighted by Gasteiger charge is 2.16. The molecule has 1 aliphatic rings. The maximum atomic E-state index is 12.8. The first-order chi connectivity index (χ1) is 14.5. The Balaban J connectivity index is 1.54. The van der Waals surface area contributed by atoms with Crippen molar-refractivity contribution in [3.05, 3.63) is 46.6 Å². The molecule has 10 nitrogen and oxygen atoms in total. The number of methoxy groups -OCH3 is 1. The van der Waals surface area contributed by atoms with E-state index in [1.165, 1.54) is 24.2 Å². The third-order valence-corrected chi connectivity index (χ3v) is 4.80. The highest BCUT2D eigenvalue weighted by atomic mass is 16.5. The third kappa shape index (κ3) is 4.08. The molecule has 1 saturated heterocycles. The first-order valence-corrected chi connectivity index (χ1v) is 9.54. The second kappa shape index (κ2) is 8.46. The summed E-state index contributed by atoms with van der Waals surface area (Å²) in [5.41, 5.74) is 1.44. The number of benzene rings is 1. The van der Waals surface area contributed by atoms with E-state index in [0.29, 0.717) is 49.3 Å². The third-order valence-electron chi connectivity index (χ3n) is 4.80. The average Bonchev–Trinajstić information content (AvgIpc) is 2.76. The molecule has 2 aromatic heterocycles. The Hall–Kier alpha value is -3.53. The molecule has 3 aromatic rings. The maximum Gasteiger partial charge on any atom is 0.264 e. The van der Waals surface area contributed by atoms with Crippen molar-refractivity contribution in [1.82, 2.24) is 19.5 Å². The van der Waals surface area contributed by atoms with Gasteiger partial charge in [0, 0.05) is 19.3 Å². The number of nitrogens with one attached hydrogen (secondary N) is 1. The molecule has 0 aliphatic carbocycles. The summed E-state index contributed by atoms with van der Waals surface area (Å²) in [5, 5.41) is 3.04. The lowest BCUT2D eigenvalue weighted by molar-refractivity contribution is -0.116. The lowest BCUT2D eigenvalue weighted by Crippen LogP contribution is -2.37. The molecule has 30 heavy (non-hydrogen) atoms. The van der Waals surface area contributed by atoms with Crippen LogP contribution in [-0.2, 0) is 16.1 Å². The monoisotopic (exact) mass is 410 g/mol. The molecule has 1 aromatic carbocycles. The number of ether oxygens (including phenoxy) is 2. The molecule has 0 spiro atoms. The van der Waals surface area contributed by atoms with Crippen LogP contribution in [0.25, 0.3) is 11.0 Å². The molecule has 1 N–H and O–H groups in total. The number of rotatable bonds is 5. The molecule has 0 atom stereocenters. The van der Waals surface area contributed by atoms with Crippen molar-refractivity contribution < 1.29 is 14.3 Å². The number of fused-ring (bicyclic) bond motifs is 1. The van der Waals surface area contributed by atoms with Crippen molar-refractivity contribution in [3.63, 3.8) is 0 Å². The van der Waals surface area contributed by atoms with Gasteiger partial charge in [-0.25, -0.2) is 9.97 Å². The fourth-order valence-corrected chi connectivity index (χ4v) is 3.24. The smallest absolute Gasteiger partial charge is 0.264 e. The largest absolute Gasteiger partial charge is 0.495 e. The lowest BCUT2D eigenvalue weighted by Gasteiger charge is -2.26. The van der Waals surface area contributed by atoms with Crippen molar-refractivity contribution in [1.29, 1.82) is 0 Å². The molecule has 0 saturated carbocycles. The molecule has 0 radical (unpaired) electrons. The normalized spacial score (nSPS) is 14.0. The number of carbonyl (C=O) groups is 1. The Morgan fingerprint density at radius 1 is 1.27 bits per heavy atom. The van der Waals surface area contributed by atoms with E-state index in [-0.39, 0.29) is 23.4 Å². The van der Waals surface area contributed by atoms with E-state index in [1.54, 1.807) is 12.1 Å². The number of anilines is 2. The first kappa shape index (κ1) is 19.8. The fraction of sp³-hybridized carbons (Fsp3) is 0.350. The number of amides is 1. The molecule has 1 amide bonds. The number of morpholine rings is 1. The minimum Gasteiger partial charge on any atom is -0.495 e. The van der Waals surface area contributed by atoms with Crippen molar-refractivity contribution in [2.75, 3.05) is 43.6 Å². The quantitative estimate of drug-likeness (QED) is 0.663. The number of carbonyl (C=O) groups excluding carboxylic acids is 1. The van der Waals surface area contributed by atoms with Gasteiger partial charge >= 0.3 is 0 Å². The van der Waals surface area contributed by atoms with Crippen LogP contribution < -0.4 is 20.5 Å². The summed E-state index contributed by atoms with van der Waals surface area (Å²) in [6, 6.07) is 5.47. The summed E-state index contributed by atoms with van der Waals surface area (Å²) in [4.78, 5) is 40.2. The Morgan fingerprint density at radius 2 is 2.07 bits per heavy atom. The minimum atomic E-state index is -0.375. The van der Waals surface area contributed by atoms with Gasteiger partial charge in [0.15, 0.2) is 5.65 Å². The van der Waals surface area contributed by atoms with Crippen LogP contribution in [0.4, 0.5) is 11.6 Å². The van der Waals surface area contributed by atoms with Gasteiger partial charge in [0.2, 0.25) is 11.9 Å². The van der Waals surface area contributed by atoms with Crippen LogP contribution >= 0.6 is 0 Å². The van der Waals surface area contributed by atoms with E-state index in [1.807, 2.05) is 17.9 Å². The predicted molar refractivity (Wildman–Crippen MR) is 111 cm³/mol. The summed E-state index contributed by atoms with van der Waals surface area (Å²) in [7, 11) is 1.53. The highest BCUT2D eigenvalue weighted by molar-refractivity contribution is 5.92. The van der Waals surface area contributed by atoms with E-state index in [2.05, 4.69) is 20.3 Å². The standard InChI is InChI=1S/C20H22N6O4/c1-13-3-4-16(29-2)15(9-13)23-17(27)11-26-12-22-18-14(19(26)28)10-21-20(24-18)25-5-7-30-8-6-25/h3-4,9-10,12H,5-8,11H2,1-2H3,(H,23,27). The molecule has 3 heterocycles. The van der Waals surface area contributed by atoms with Crippen LogP contribution in [0.5, 0.6) is 5.75 Å². The molecule has 156 valence electrons. The average molecular weight is 410 g/mol. The molecule has 0 bridgehead atoms. The molecule has 10 heteroatoms. The van der Waals surface area contributed by atoms with Gasteiger partial charge in [0.05, 0.1) is 26.0 Å².